The Hall–Kier alpha value is -1.55. The third kappa shape index (κ3) is 5.21. The van der Waals surface area contributed by atoms with Gasteiger partial charge in [-0.1, -0.05) is 47.6 Å². The summed E-state index contributed by atoms with van der Waals surface area (Å²) in [5, 5.41) is 14.0. The number of nitrogens with one attached hydrogen (secondary N) is 1. The fraction of sp³-hybridized carbons (Fsp3) is 0.667. The van der Waals surface area contributed by atoms with Crippen molar-refractivity contribution in [1.82, 2.24) is 10.2 Å². The lowest BCUT2D eigenvalue weighted by atomic mass is 9.75. The molecule has 142 valence electrons. The van der Waals surface area contributed by atoms with Crippen LogP contribution in [0.3, 0.4) is 0 Å². The van der Waals surface area contributed by atoms with Crippen LogP contribution in [0.1, 0.15) is 63.8 Å². The monoisotopic (exact) mass is 348 g/mol. The molecule has 0 radical (unpaired) electrons. The lowest BCUT2D eigenvalue weighted by Gasteiger charge is -2.30. The first-order valence-corrected chi connectivity index (χ1v) is 9.05. The second kappa shape index (κ2) is 7.77. The van der Waals surface area contributed by atoms with Gasteiger partial charge < -0.3 is 15.3 Å². The molecule has 0 fully saturated rings. The van der Waals surface area contributed by atoms with Crippen LogP contribution in [0, 0.1) is 6.92 Å². The molecule has 2 N–H and O–H groups in total. The summed E-state index contributed by atoms with van der Waals surface area (Å²) in [5.41, 5.74) is 3.51. The van der Waals surface area contributed by atoms with E-state index in [0.717, 1.165) is 28.8 Å². The quantitative estimate of drug-likeness (QED) is 0.856. The maximum absolute atomic E-state index is 12.6. The van der Waals surface area contributed by atoms with Crippen molar-refractivity contribution in [3.63, 3.8) is 0 Å². The van der Waals surface area contributed by atoms with Gasteiger partial charge in [0.2, 0.25) is 5.91 Å². The molecule has 1 amide bonds. The van der Waals surface area contributed by atoms with Gasteiger partial charge in [0, 0.05) is 25.7 Å². The first-order valence-electron chi connectivity index (χ1n) is 9.05. The van der Waals surface area contributed by atoms with Crippen LogP contribution in [0.15, 0.2) is 6.07 Å². The van der Waals surface area contributed by atoms with E-state index in [-0.39, 0.29) is 16.7 Å². The molecule has 0 spiro atoms. The molecule has 4 nitrogen and oxygen atoms in total. The summed E-state index contributed by atoms with van der Waals surface area (Å²) < 4.78 is 0. The van der Waals surface area contributed by atoms with Crippen molar-refractivity contribution in [3.05, 3.63) is 28.3 Å². The van der Waals surface area contributed by atoms with E-state index in [0.29, 0.717) is 18.7 Å². The average Bonchev–Trinajstić information content (AvgIpc) is 2.44. The van der Waals surface area contributed by atoms with Gasteiger partial charge in [-0.15, -0.1) is 0 Å². The summed E-state index contributed by atoms with van der Waals surface area (Å²) in [5.74, 6) is 0.473. The van der Waals surface area contributed by atoms with E-state index in [2.05, 4.69) is 46.9 Å². The molecule has 0 bridgehead atoms. The third-order valence-electron chi connectivity index (χ3n) is 4.69. The molecule has 0 aliphatic carbocycles. The number of rotatable bonds is 5. The van der Waals surface area contributed by atoms with E-state index < -0.39 is 0 Å². The predicted molar refractivity (Wildman–Crippen MR) is 106 cm³/mol. The molecule has 25 heavy (non-hydrogen) atoms. The van der Waals surface area contributed by atoms with Gasteiger partial charge in [0.25, 0.3) is 0 Å². The number of hydrogen-bond donors (Lipinski definition) is 2. The predicted octanol–water partition coefficient (Wildman–Crippen LogP) is 3.52. The zero-order valence-electron chi connectivity index (χ0n) is 17.5. The topological polar surface area (TPSA) is 52.6 Å². The van der Waals surface area contributed by atoms with Crippen LogP contribution in [0.5, 0.6) is 5.75 Å². The van der Waals surface area contributed by atoms with Gasteiger partial charge in [-0.3, -0.25) is 4.79 Å². The Bertz CT molecular complexity index is 622. The van der Waals surface area contributed by atoms with Crippen molar-refractivity contribution in [2.45, 2.75) is 65.7 Å². The van der Waals surface area contributed by atoms with Crippen LogP contribution >= 0.6 is 0 Å². The van der Waals surface area contributed by atoms with E-state index >= 15 is 0 Å². The molecule has 0 aliphatic heterocycles. The Kier molecular flexibility index (Phi) is 6.68. The summed E-state index contributed by atoms with van der Waals surface area (Å²) in [6.45, 7) is 16.1. The molecular weight excluding hydrogens is 312 g/mol. The van der Waals surface area contributed by atoms with E-state index in [1.54, 1.807) is 4.90 Å². The minimum atomic E-state index is -0.189. The molecule has 0 aromatic heterocycles. The highest BCUT2D eigenvalue weighted by atomic mass is 16.3. The van der Waals surface area contributed by atoms with Gasteiger partial charge in [0.15, 0.2) is 0 Å². The number of benzene rings is 1. The van der Waals surface area contributed by atoms with Gasteiger partial charge >= 0.3 is 0 Å². The number of aromatic hydroxyl groups is 1. The van der Waals surface area contributed by atoms with E-state index in [4.69, 9.17) is 0 Å². The van der Waals surface area contributed by atoms with E-state index in [9.17, 15) is 9.90 Å². The first-order chi connectivity index (χ1) is 11.3. The van der Waals surface area contributed by atoms with Crippen LogP contribution in [0.2, 0.25) is 0 Å². The lowest BCUT2D eigenvalue weighted by Crippen LogP contribution is -2.34. The number of carbonyl (C=O) groups excluding carboxylic acids is 1. The Morgan fingerprint density at radius 1 is 1.16 bits per heavy atom. The van der Waals surface area contributed by atoms with Gasteiger partial charge in [-0.25, -0.2) is 0 Å². The van der Waals surface area contributed by atoms with Crippen LogP contribution in [-0.2, 0) is 22.0 Å². The van der Waals surface area contributed by atoms with Crippen LogP contribution < -0.4 is 5.32 Å². The van der Waals surface area contributed by atoms with Gasteiger partial charge in [0.1, 0.15) is 5.75 Å². The average molecular weight is 349 g/mol. The van der Waals surface area contributed by atoms with Crippen LogP contribution in [-0.4, -0.2) is 43.1 Å². The smallest absolute Gasteiger partial charge is 0.226 e. The van der Waals surface area contributed by atoms with Gasteiger partial charge in [-0.2, -0.15) is 0 Å². The highest BCUT2D eigenvalue weighted by molar-refractivity contribution is 5.79. The molecule has 0 atom stereocenters. The minimum Gasteiger partial charge on any atom is -0.507 e. The van der Waals surface area contributed by atoms with Crippen molar-refractivity contribution in [2.75, 3.05) is 27.2 Å². The second-order valence-electron chi connectivity index (χ2n) is 9.03. The lowest BCUT2D eigenvalue weighted by molar-refractivity contribution is -0.129. The Balaban J connectivity index is 3.39. The van der Waals surface area contributed by atoms with Crippen molar-refractivity contribution in [2.24, 2.45) is 0 Å². The molecule has 0 unspecified atom stereocenters. The first kappa shape index (κ1) is 21.5. The molecule has 1 aromatic carbocycles. The molecule has 1 rings (SSSR count). The van der Waals surface area contributed by atoms with Crippen LogP contribution in [0.25, 0.3) is 0 Å². The number of phenols is 1. The number of carbonyl (C=O) groups is 1. The zero-order valence-corrected chi connectivity index (χ0v) is 17.5. The molecular formula is C21H36N2O2. The molecule has 0 aliphatic rings. The minimum absolute atomic E-state index is 0.101. The van der Waals surface area contributed by atoms with E-state index in [1.165, 1.54) is 0 Å². The number of phenolic OH excluding ortho intramolecular Hbond substituents is 1. The SMILES string of the molecule is CNCCN(C)C(=O)Cc1cc(C(C)(C)C)c(O)c(C(C)(C)C)c1C. The standard InChI is InChI=1S/C21H36N2O2/c1-14-15(13-17(24)23(9)11-10-22-8)12-16(20(2,3)4)19(25)18(14)21(5,6)7/h12,22,25H,10-11,13H2,1-9H3. The summed E-state index contributed by atoms with van der Waals surface area (Å²) >= 11 is 0. The van der Waals surface area contributed by atoms with Gasteiger partial charge in [0.05, 0.1) is 6.42 Å². The van der Waals surface area contributed by atoms with E-state index in [1.807, 2.05) is 27.1 Å². The molecule has 0 heterocycles. The highest BCUT2D eigenvalue weighted by Gasteiger charge is 2.29. The zero-order chi connectivity index (χ0) is 19.6. The van der Waals surface area contributed by atoms with Crippen molar-refractivity contribution in [3.8, 4) is 5.75 Å². The number of hydrogen-bond acceptors (Lipinski definition) is 3. The number of amides is 1. The molecule has 4 heteroatoms. The van der Waals surface area contributed by atoms with Gasteiger partial charge in [-0.05, 0) is 41.5 Å². The molecule has 0 saturated heterocycles. The van der Waals surface area contributed by atoms with Crippen molar-refractivity contribution >= 4 is 5.91 Å². The third-order valence-corrected chi connectivity index (χ3v) is 4.69. The summed E-state index contributed by atoms with van der Waals surface area (Å²) in [7, 11) is 3.72. The summed E-state index contributed by atoms with van der Waals surface area (Å²) in [6, 6.07) is 2.02. The second-order valence-corrected chi connectivity index (χ2v) is 9.03. The summed E-state index contributed by atoms with van der Waals surface area (Å²) in [4.78, 5) is 14.4. The van der Waals surface area contributed by atoms with Crippen molar-refractivity contribution in [1.29, 1.82) is 0 Å². The van der Waals surface area contributed by atoms with Crippen LogP contribution in [0.4, 0.5) is 0 Å². The normalized spacial score (nSPS) is 12.4. The maximum atomic E-state index is 12.6. The Morgan fingerprint density at radius 2 is 1.72 bits per heavy atom. The Labute approximate surface area is 153 Å². The van der Waals surface area contributed by atoms with Crippen molar-refractivity contribution < 1.29 is 9.90 Å². The largest absolute Gasteiger partial charge is 0.507 e. The fourth-order valence-corrected chi connectivity index (χ4v) is 3.20. The summed E-state index contributed by atoms with van der Waals surface area (Å²) in [6.07, 6.45) is 0.360. The number of likely N-dealkylation sites (N-methyl/N-ethyl adjacent to an activating group) is 2. The molecule has 0 saturated carbocycles. The number of nitrogens with zero attached hydrogens (tertiary/aromatic N) is 1. The Morgan fingerprint density at radius 3 is 2.16 bits per heavy atom. The molecule has 1 aromatic rings. The fourth-order valence-electron chi connectivity index (χ4n) is 3.20. The maximum Gasteiger partial charge on any atom is 0.226 e. The highest BCUT2D eigenvalue weighted by Crippen LogP contribution is 2.42.